The van der Waals surface area contributed by atoms with Crippen LogP contribution in [0, 0.1) is 0 Å². The van der Waals surface area contributed by atoms with E-state index in [9.17, 15) is 0 Å². The third-order valence-corrected chi connectivity index (χ3v) is 3.63. The first-order valence-corrected chi connectivity index (χ1v) is 6.43. The second-order valence-corrected chi connectivity index (χ2v) is 5.13. The lowest BCUT2D eigenvalue weighted by Crippen LogP contribution is -2.34. The van der Waals surface area contributed by atoms with Crippen LogP contribution in [0.1, 0.15) is 27.2 Å². The summed E-state index contributed by atoms with van der Waals surface area (Å²) in [6, 6.07) is 6.57. The Balaban J connectivity index is 2.38. The monoisotopic (exact) mass is 224 g/mol. The lowest BCUT2D eigenvalue weighted by Gasteiger charge is -2.20. The molecule has 0 spiro atoms. The van der Waals surface area contributed by atoms with Gasteiger partial charge >= 0.3 is 0 Å². The highest BCUT2D eigenvalue weighted by Crippen LogP contribution is 2.22. The van der Waals surface area contributed by atoms with Gasteiger partial charge in [0.2, 0.25) is 0 Å². The summed E-state index contributed by atoms with van der Waals surface area (Å²) in [5.74, 6) is 0. The van der Waals surface area contributed by atoms with E-state index in [4.69, 9.17) is 0 Å². The molecule has 0 aliphatic heterocycles. The van der Waals surface area contributed by atoms with E-state index in [1.165, 1.54) is 6.42 Å². The van der Waals surface area contributed by atoms with Crippen molar-refractivity contribution in [3.8, 4) is 0 Å². The Kier molecular flexibility index (Phi) is 5.73. The van der Waals surface area contributed by atoms with Crippen LogP contribution in [0.15, 0.2) is 29.4 Å². The fourth-order valence-corrected chi connectivity index (χ4v) is 2.21. The summed E-state index contributed by atoms with van der Waals surface area (Å²) in [4.78, 5) is 4.32. The van der Waals surface area contributed by atoms with E-state index in [1.54, 1.807) is 0 Å². The Morgan fingerprint density at radius 2 is 2.20 bits per heavy atom. The third-order valence-electron chi connectivity index (χ3n) is 2.36. The molecule has 84 valence electrons. The summed E-state index contributed by atoms with van der Waals surface area (Å²) in [6.07, 6.45) is 3.03. The average molecular weight is 224 g/mol. The van der Waals surface area contributed by atoms with Crippen molar-refractivity contribution in [1.82, 2.24) is 10.3 Å². The van der Waals surface area contributed by atoms with E-state index < -0.39 is 0 Å². The maximum Gasteiger partial charge on any atom is 0.0962 e. The lowest BCUT2D eigenvalue weighted by molar-refractivity contribution is 0.542. The summed E-state index contributed by atoms with van der Waals surface area (Å²) in [6.45, 7) is 7.76. The molecule has 1 N–H and O–H groups in total. The number of nitrogens with zero attached hydrogens (tertiary/aromatic N) is 1. The summed E-state index contributed by atoms with van der Waals surface area (Å²) in [5.41, 5.74) is 0. The summed E-state index contributed by atoms with van der Waals surface area (Å²) in [5, 5.41) is 5.16. The molecule has 2 unspecified atom stereocenters. The zero-order valence-electron chi connectivity index (χ0n) is 9.73. The Morgan fingerprint density at radius 1 is 1.40 bits per heavy atom. The summed E-state index contributed by atoms with van der Waals surface area (Å²) in [7, 11) is 0. The van der Waals surface area contributed by atoms with Crippen molar-refractivity contribution in [2.75, 3.05) is 6.54 Å². The zero-order valence-corrected chi connectivity index (χ0v) is 10.6. The Morgan fingerprint density at radius 3 is 2.80 bits per heavy atom. The van der Waals surface area contributed by atoms with Crippen LogP contribution in [0.4, 0.5) is 0 Å². The molecule has 0 fully saturated rings. The number of pyridine rings is 1. The van der Waals surface area contributed by atoms with Gasteiger partial charge in [-0.15, -0.1) is 11.8 Å². The highest BCUT2D eigenvalue weighted by atomic mass is 32.2. The van der Waals surface area contributed by atoms with Crippen LogP contribution in [-0.2, 0) is 0 Å². The van der Waals surface area contributed by atoms with Gasteiger partial charge in [-0.3, -0.25) is 0 Å². The summed E-state index contributed by atoms with van der Waals surface area (Å²) >= 11 is 1.83. The highest BCUT2D eigenvalue weighted by Gasteiger charge is 2.12. The Hall–Kier alpha value is -0.540. The van der Waals surface area contributed by atoms with Crippen molar-refractivity contribution in [2.45, 2.75) is 43.5 Å². The van der Waals surface area contributed by atoms with Crippen LogP contribution < -0.4 is 5.32 Å². The molecule has 15 heavy (non-hydrogen) atoms. The van der Waals surface area contributed by atoms with Crippen LogP contribution in [0.25, 0.3) is 0 Å². The van der Waals surface area contributed by atoms with Crippen LogP contribution in [0.5, 0.6) is 0 Å². The first-order valence-electron chi connectivity index (χ1n) is 5.55. The number of rotatable bonds is 6. The number of hydrogen-bond acceptors (Lipinski definition) is 3. The maximum absolute atomic E-state index is 4.32. The molecule has 1 rings (SSSR count). The maximum atomic E-state index is 4.32. The van der Waals surface area contributed by atoms with Gasteiger partial charge in [-0.1, -0.05) is 19.9 Å². The Bertz CT molecular complexity index is 264. The zero-order chi connectivity index (χ0) is 11.1. The smallest absolute Gasteiger partial charge is 0.0962 e. The molecule has 0 amide bonds. The molecule has 0 saturated carbocycles. The average Bonchev–Trinajstić information content (AvgIpc) is 2.27. The number of thioether (sulfide) groups is 1. The number of nitrogens with one attached hydrogen (secondary N) is 1. The van der Waals surface area contributed by atoms with Crippen molar-refractivity contribution in [2.24, 2.45) is 0 Å². The molecule has 0 bridgehead atoms. The number of aromatic nitrogens is 1. The first kappa shape index (κ1) is 12.5. The van der Waals surface area contributed by atoms with Gasteiger partial charge in [0.25, 0.3) is 0 Å². The molecule has 0 radical (unpaired) electrons. The minimum Gasteiger partial charge on any atom is -0.313 e. The molecule has 0 saturated heterocycles. The van der Waals surface area contributed by atoms with Crippen LogP contribution in [0.2, 0.25) is 0 Å². The van der Waals surface area contributed by atoms with Crippen molar-refractivity contribution < 1.29 is 0 Å². The quantitative estimate of drug-likeness (QED) is 0.752. The predicted molar refractivity (Wildman–Crippen MR) is 67.3 cm³/mol. The molecule has 1 heterocycles. The molecule has 1 aromatic heterocycles. The topological polar surface area (TPSA) is 24.9 Å². The first-order chi connectivity index (χ1) is 7.24. The predicted octanol–water partition coefficient (Wildman–Crippen LogP) is 2.95. The van der Waals surface area contributed by atoms with Gasteiger partial charge in [-0.2, -0.15) is 0 Å². The van der Waals surface area contributed by atoms with Gasteiger partial charge in [0.15, 0.2) is 0 Å². The molecule has 1 aromatic rings. The van der Waals surface area contributed by atoms with Crippen LogP contribution in [0.3, 0.4) is 0 Å². The molecule has 2 atom stereocenters. The second-order valence-electron chi connectivity index (χ2n) is 3.73. The van der Waals surface area contributed by atoms with Crippen molar-refractivity contribution in [3.63, 3.8) is 0 Å². The molecule has 0 aliphatic carbocycles. The van der Waals surface area contributed by atoms with E-state index in [0.29, 0.717) is 11.3 Å². The molecule has 0 aliphatic rings. The molecular weight excluding hydrogens is 204 g/mol. The molecule has 3 heteroatoms. The van der Waals surface area contributed by atoms with E-state index in [-0.39, 0.29) is 0 Å². The SMILES string of the molecule is CCCNC(C)C(C)Sc1ccccn1. The van der Waals surface area contributed by atoms with Crippen molar-refractivity contribution >= 4 is 11.8 Å². The second kappa shape index (κ2) is 6.85. The van der Waals surface area contributed by atoms with Crippen molar-refractivity contribution in [3.05, 3.63) is 24.4 Å². The fraction of sp³-hybridized carbons (Fsp3) is 0.583. The van der Waals surface area contributed by atoms with Gasteiger partial charge < -0.3 is 5.32 Å². The molecule has 0 aromatic carbocycles. The van der Waals surface area contributed by atoms with Crippen molar-refractivity contribution in [1.29, 1.82) is 0 Å². The molecule has 2 nitrogen and oxygen atoms in total. The van der Waals surface area contributed by atoms with Gasteiger partial charge in [-0.05, 0) is 32.0 Å². The Labute approximate surface area is 96.9 Å². The van der Waals surface area contributed by atoms with Gasteiger partial charge in [0.05, 0.1) is 5.03 Å². The van der Waals surface area contributed by atoms with E-state index in [1.807, 2.05) is 30.1 Å². The van der Waals surface area contributed by atoms with Gasteiger partial charge in [-0.25, -0.2) is 4.98 Å². The van der Waals surface area contributed by atoms with Crippen LogP contribution >= 0.6 is 11.8 Å². The normalized spacial score (nSPS) is 14.9. The lowest BCUT2D eigenvalue weighted by atomic mass is 10.2. The summed E-state index contributed by atoms with van der Waals surface area (Å²) < 4.78 is 0. The van der Waals surface area contributed by atoms with E-state index in [2.05, 4.69) is 37.1 Å². The fourth-order valence-electron chi connectivity index (χ4n) is 1.25. The van der Waals surface area contributed by atoms with E-state index >= 15 is 0 Å². The minimum absolute atomic E-state index is 0.525. The highest BCUT2D eigenvalue weighted by molar-refractivity contribution is 7.99. The minimum atomic E-state index is 0.525. The largest absolute Gasteiger partial charge is 0.313 e. The number of hydrogen-bond donors (Lipinski definition) is 1. The third kappa shape index (κ3) is 4.67. The van der Waals surface area contributed by atoms with Gasteiger partial charge in [0.1, 0.15) is 0 Å². The standard InChI is InChI=1S/C12H20N2S/c1-4-8-13-10(2)11(3)15-12-7-5-6-9-14-12/h5-7,9-11,13H,4,8H2,1-3H3. The van der Waals surface area contributed by atoms with E-state index in [0.717, 1.165) is 11.6 Å². The molecular formula is C12H20N2S. The van der Waals surface area contributed by atoms with Crippen LogP contribution in [-0.4, -0.2) is 22.8 Å². The van der Waals surface area contributed by atoms with Gasteiger partial charge in [0, 0.05) is 17.5 Å².